The Balaban J connectivity index is 1.39. The molecule has 0 aromatic carbocycles. The Morgan fingerprint density at radius 3 is 1.72 bits per heavy atom. The van der Waals surface area contributed by atoms with Crippen LogP contribution in [-0.2, 0) is 9.47 Å². The second-order valence-electron chi connectivity index (χ2n) is 8.13. The van der Waals surface area contributed by atoms with Gasteiger partial charge in [-0.25, -0.2) is 0 Å². The quantitative estimate of drug-likeness (QED) is 0.581. The van der Waals surface area contributed by atoms with Crippen molar-refractivity contribution in [3.8, 4) is 0 Å². The Morgan fingerprint density at radius 2 is 1.24 bits per heavy atom. The molecule has 3 fully saturated rings. The zero-order chi connectivity index (χ0) is 17.6. The molecule has 0 spiro atoms. The summed E-state index contributed by atoms with van der Waals surface area (Å²) in [7, 11) is 0. The molecule has 3 rings (SSSR count). The largest absolute Gasteiger partial charge is 0.349 e. The summed E-state index contributed by atoms with van der Waals surface area (Å²) in [5.74, 6) is 2.93. The summed E-state index contributed by atoms with van der Waals surface area (Å²) >= 11 is 0. The van der Waals surface area contributed by atoms with Gasteiger partial charge in [-0.1, -0.05) is 6.08 Å². The molecule has 0 unspecified atom stereocenters. The third-order valence-corrected chi connectivity index (χ3v) is 6.63. The van der Waals surface area contributed by atoms with Gasteiger partial charge in [0, 0.05) is 5.92 Å². The second kappa shape index (κ2) is 9.27. The van der Waals surface area contributed by atoms with Gasteiger partial charge in [0.05, 0.1) is 13.2 Å². The van der Waals surface area contributed by atoms with Crippen molar-refractivity contribution in [3.05, 3.63) is 24.3 Å². The van der Waals surface area contributed by atoms with Crippen molar-refractivity contribution in [2.45, 2.75) is 64.6 Å². The standard InChI is InChI=1S/C21H32F2O2/c1-2-3-21-24-13-19(14-25-21)18-10-8-17(9-11-18)16-6-4-15(5-7-16)12-20(22)23/h2-3,12,15-19,21H,4-11,13-14H2,1H3/b3-2+. The van der Waals surface area contributed by atoms with Crippen LogP contribution in [-0.4, -0.2) is 19.5 Å². The van der Waals surface area contributed by atoms with Crippen LogP contribution in [0.4, 0.5) is 8.78 Å². The smallest absolute Gasteiger partial charge is 0.266 e. The first-order valence-corrected chi connectivity index (χ1v) is 10.0. The molecule has 25 heavy (non-hydrogen) atoms. The molecule has 0 aromatic heterocycles. The molecule has 2 saturated carbocycles. The molecule has 2 nitrogen and oxygen atoms in total. The first-order chi connectivity index (χ1) is 12.2. The highest BCUT2D eigenvalue weighted by Gasteiger charge is 2.34. The summed E-state index contributed by atoms with van der Waals surface area (Å²) in [6, 6.07) is 0. The van der Waals surface area contributed by atoms with Crippen molar-refractivity contribution in [1.29, 1.82) is 0 Å². The lowest BCUT2D eigenvalue weighted by atomic mass is 9.67. The summed E-state index contributed by atoms with van der Waals surface area (Å²) in [6.45, 7) is 3.62. The van der Waals surface area contributed by atoms with Gasteiger partial charge in [0.2, 0.25) is 0 Å². The van der Waals surface area contributed by atoms with E-state index in [1.54, 1.807) is 0 Å². The predicted octanol–water partition coefficient (Wildman–Crippen LogP) is 5.94. The van der Waals surface area contributed by atoms with Crippen LogP contribution in [0.5, 0.6) is 0 Å². The highest BCUT2D eigenvalue weighted by atomic mass is 19.3. The molecule has 0 N–H and O–H groups in total. The maximum atomic E-state index is 12.4. The number of rotatable bonds is 4. The van der Waals surface area contributed by atoms with Crippen LogP contribution in [0.25, 0.3) is 0 Å². The first kappa shape index (κ1) is 19.0. The van der Waals surface area contributed by atoms with Gasteiger partial charge < -0.3 is 9.47 Å². The summed E-state index contributed by atoms with van der Waals surface area (Å²) < 4.78 is 36.4. The van der Waals surface area contributed by atoms with E-state index in [2.05, 4.69) is 0 Å². The maximum Gasteiger partial charge on any atom is 0.266 e. The van der Waals surface area contributed by atoms with Gasteiger partial charge >= 0.3 is 0 Å². The Morgan fingerprint density at radius 1 is 0.760 bits per heavy atom. The summed E-state index contributed by atoms with van der Waals surface area (Å²) in [5, 5.41) is 0. The molecule has 4 heteroatoms. The van der Waals surface area contributed by atoms with Crippen molar-refractivity contribution in [3.63, 3.8) is 0 Å². The van der Waals surface area contributed by atoms with E-state index in [-0.39, 0.29) is 12.2 Å². The minimum absolute atomic E-state index is 0.110. The molecule has 2 aliphatic carbocycles. The van der Waals surface area contributed by atoms with Crippen LogP contribution in [0.1, 0.15) is 58.3 Å². The van der Waals surface area contributed by atoms with Crippen LogP contribution in [0.3, 0.4) is 0 Å². The average Bonchev–Trinajstić information content (AvgIpc) is 2.63. The third kappa shape index (κ3) is 5.37. The lowest BCUT2D eigenvalue weighted by Gasteiger charge is -2.40. The summed E-state index contributed by atoms with van der Waals surface area (Å²) in [5.41, 5.74) is 0. The summed E-state index contributed by atoms with van der Waals surface area (Å²) in [4.78, 5) is 0. The molecular weight excluding hydrogens is 322 g/mol. The molecular formula is C21H32F2O2. The summed E-state index contributed by atoms with van der Waals surface area (Å²) in [6.07, 6.45) is 12.7. The molecule has 3 aliphatic rings. The number of ether oxygens (including phenoxy) is 2. The molecule has 142 valence electrons. The molecule has 0 aromatic rings. The van der Waals surface area contributed by atoms with E-state index in [1.165, 1.54) is 31.8 Å². The number of hydrogen-bond donors (Lipinski definition) is 0. The van der Waals surface area contributed by atoms with Crippen LogP contribution in [0, 0.1) is 29.6 Å². The zero-order valence-corrected chi connectivity index (χ0v) is 15.3. The van der Waals surface area contributed by atoms with Crippen molar-refractivity contribution in [2.24, 2.45) is 29.6 Å². The van der Waals surface area contributed by atoms with Crippen LogP contribution >= 0.6 is 0 Å². The van der Waals surface area contributed by atoms with Crippen molar-refractivity contribution in [2.75, 3.05) is 13.2 Å². The van der Waals surface area contributed by atoms with Gasteiger partial charge in [0.1, 0.15) is 0 Å². The van der Waals surface area contributed by atoms with E-state index in [4.69, 9.17) is 9.47 Å². The zero-order valence-electron chi connectivity index (χ0n) is 15.3. The van der Waals surface area contributed by atoms with Crippen LogP contribution < -0.4 is 0 Å². The van der Waals surface area contributed by atoms with Gasteiger partial charge in [0.25, 0.3) is 6.08 Å². The highest BCUT2D eigenvalue weighted by molar-refractivity contribution is 4.93. The van der Waals surface area contributed by atoms with Gasteiger partial charge in [0.15, 0.2) is 6.29 Å². The fourth-order valence-electron chi connectivity index (χ4n) is 5.12. The number of halogens is 2. The topological polar surface area (TPSA) is 18.5 Å². The molecule has 0 bridgehead atoms. The third-order valence-electron chi connectivity index (χ3n) is 6.63. The highest BCUT2D eigenvalue weighted by Crippen LogP contribution is 2.43. The van der Waals surface area contributed by atoms with E-state index in [0.29, 0.717) is 5.92 Å². The Labute approximate surface area is 150 Å². The molecule has 1 saturated heterocycles. The molecule has 0 amide bonds. The van der Waals surface area contributed by atoms with Gasteiger partial charge in [-0.15, -0.1) is 0 Å². The van der Waals surface area contributed by atoms with Crippen LogP contribution in [0.15, 0.2) is 24.3 Å². The number of allylic oxidation sites excluding steroid dienone is 2. The fraction of sp³-hybridized carbons (Fsp3) is 0.810. The minimum Gasteiger partial charge on any atom is -0.349 e. The first-order valence-electron chi connectivity index (χ1n) is 10.0. The SMILES string of the molecule is C/C=C/C1OCC(C2CCC(C3CCC(C=C(F)F)CC3)CC2)CO1. The molecule has 1 aliphatic heterocycles. The van der Waals surface area contributed by atoms with Gasteiger partial charge in [-0.3, -0.25) is 0 Å². The van der Waals surface area contributed by atoms with E-state index >= 15 is 0 Å². The minimum atomic E-state index is -1.50. The Kier molecular flexibility index (Phi) is 7.06. The van der Waals surface area contributed by atoms with E-state index < -0.39 is 6.08 Å². The van der Waals surface area contributed by atoms with E-state index in [1.807, 2.05) is 19.1 Å². The van der Waals surface area contributed by atoms with Crippen molar-refractivity contribution >= 4 is 0 Å². The molecule has 0 atom stereocenters. The monoisotopic (exact) mass is 354 g/mol. The number of hydrogen-bond acceptors (Lipinski definition) is 2. The van der Waals surface area contributed by atoms with Gasteiger partial charge in [-0.2, -0.15) is 8.78 Å². The van der Waals surface area contributed by atoms with Crippen molar-refractivity contribution < 1.29 is 18.3 Å². The normalized spacial score (nSPS) is 40.1. The molecule has 0 radical (unpaired) electrons. The van der Waals surface area contributed by atoms with E-state index in [0.717, 1.165) is 56.7 Å². The van der Waals surface area contributed by atoms with E-state index in [9.17, 15) is 8.78 Å². The average molecular weight is 354 g/mol. The second-order valence-corrected chi connectivity index (χ2v) is 8.13. The Bertz CT molecular complexity index is 449. The lowest BCUT2D eigenvalue weighted by molar-refractivity contribution is -0.186. The Hall–Kier alpha value is -0.740. The molecule has 1 heterocycles. The predicted molar refractivity (Wildman–Crippen MR) is 95.2 cm³/mol. The van der Waals surface area contributed by atoms with Crippen molar-refractivity contribution in [1.82, 2.24) is 0 Å². The van der Waals surface area contributed by atoms with Gasteiger partial charge in [-0.05, 0) is 94.1 Å². The maximum absolute atomic E-state index is 12.4. The lowest BCUT2D eigenvalue weighted by Crippen LogP contribution is -2.37. The van der Waals surface area contributed by atoms with Crippen LogP contribution in [0.2, 0.25) is 0 Å². The fourth-order valence-corrected chi connectivity index (χ4v) is 5.12.